The number of Topliss-reactive ketones (excluding diaryl/α,β-unsaturated/α-hetero) is 1. The second-order valence-corrected chi connectivity index (χ2v) is 14.1. The van der Waals surface area contributed by atoms with Crippen LogP contribution in [0.25, 0.3) is 11.0 Å². The fourth-order valence-corrected chi connectivity index (χ4v) is 9.15. The third kappa shape index (κ3) is 4.24. The Morgan fingerprint density at radius 2 is 1.82 bits per heavy atom. The molecule has 44 heavy (non-hydrogen) atoms. The fourth-order valence-electron chi connectivity index (χ4n) is 9.15. The molecule has 8 heteroatoms. The largest absolute Gasteiger partial charge is 0.508 e. The molecule has 1 heterocycles. The lowest BCUT2D eigenvalue weighted by Crippen LogP contribution is -2.58. The van der Waals surface area contributed by atoms with Crippen LogP contribution in [0.1, 0.15) is 72.0 Å². The van der Waals surface area contributed by atoms with Gasteiger partial charge in [-0.1, -0.05) is 50.5 Å². The quantitative estimate of drug-likeness (QED) is 0.385. The van der Waals surface area contributed by atoms with Crippen molar-refractivity contribution < 1.29 is 33.8 Å². The maximum absolute atomic E-state index is 14.6. The number of carboxylic acid groups (broad SMARTS) is 1. The lowest BCUT2D eigenvalue weighted by molar-refractivity contribution is -0.151. The van der Waals surface area contributed by atoms with Gasteiger partial charge in [0.1, 0.15) is 22.5 Å². The number of allylic oxidation sites excluding steroid dienone is 6. The number of fused-ring (bicyclic) bond motifs is 3. The summed E-state index contributed by atoms with van der Waals surface area (Å²) in [7, 11) is 1.35. The second-order valence-electron chi connectivity index (χ2n) is 14.1. The molecule has 0 bridgehead atoms. The molecule has 0 spiro atoms. The van der Waals surface area contributed by atoms with Crippen LogP contribution >= 0.6 is 0 Å². The molecule has 1 aromatic carbocycles. The van der Waals surface area contributed by atoms with E-state index in [1.54, 1.807) is 0 Å². The zero-order valence-corrected chi connectivity index (χ0v) is 25.9. The molecule has 6 rings (SSSR count). The van der Waals surface area contributed by atoms with Gasteiger partial charge in [0, 0.05) is 30.0 Å². The topological polar surface area (TPSA) is 131 Å². The molecule has 0 radical (unpaired) electrons. The number of carbonyl (C=O) groups excluding carboxylic acids is 2. The molecule has 4 aliphatic rings. The Labute approximate surface area is 256 Å². The number of benzene rings is 1. The molecular weight excluding hydrogens is 560 g/mol. The molecule has 0 saturated heterocycles. The number of aromatic hydroxyl groups is 1. The normalized spacial score (nSPS) is 33.1. The smallest absolute Gasteiger partial charge is 0.307 e. The van der Waals surface area contributed by atoms with E-state index >= 15 is 0 Å². The Kier molecular flexibility index (Phi) is 7.06. The minimum Gasteiger partial charge on any atom is -0.508 e. The highest BCUT2D eigenvalue weighted by Gasteiger charge is 2.63. The SMILES string of the molecule is COC1=CC(=O)[C@@]2(c3cc(=O)c4ccc(O)cc4o3)[C@H](C[C@]3(C)C(C(=O)O)CC=C4[C@H]3CCCC4(C)C)C(C)=CC[C@H]2C1=O. The Morgan fingerprint density at radius 1 is 1.07 bits per heavy atom. The molecular formula is C36H40O8. The van der Waals surface area contributed by atoms with Crippen LogP contribution in [0.4, 0.5) is 0 Å². The Morgan fingerprint density at radius 3 is 2.52 bits per heavy atom. The van der Waals surface area contributed by atoms with Gasteiger partial charge in [-0.05, 0) is 67.9 Å². The van der Waals surface area contributed by atoms with Crippen molar-refractivity contribution in [1.82, 2.24) is 0 Å². The molecule has 1 fully saturated rings. The van der Waals surface area contributed by atoms with E-state index in [-0.39, 0.29) is 51.8 Å². The maximum atomic E-state index is 14.6. The van der Waals surface area contributed by atoms with Crippen molar-refractivity contribution in [2.75, 3.05) is 7.11 Å². The van der Waals surface area contributed by atoms with Crippen molar-refractivity contribution in [3.05, 3.63) is 75.4 Å². The monoisotopic (exact) mass is 600 g/mol. The number of carbonyl (C=O) groups is 3. The molecule has 2 N–H and O–H groups in total. The summed E-state index contributed by atoms with van der Waals surface area (Å²) in [4.78, 5) is 55.0. The van der Waals surface area contributed by atoms with Gasteiger partial charge in [0.25, 0.3) is 0 Å². The van der Waals surface area contributed by atoms with Gasteiger partial charge in [0.2, 0.25) is 5.78 Å². The van der Waals surface area contributed by atoms with Gasteiger partial charge < -0.3 is 19.4 Å². The number of methoxy groups -OCH3 is 1. The lowest BCUT2D eigenvalue weighted by atomic mass is 9.46. The highest BCUT2D eigenvalue weighted by atomic mass is 16.5. The van der Waals surface area contributed by atoms with Crippen molar-refractivity contribution in [3.8, 4) is 5.75 Å². The second kappa shape index (κ2) is 10.3. The fraction of sp³-hybridized carbons (Fsp3) is 0.500. The van der Waals surface area contributed by atoms with E-state index in [2.05, 4.69) is 19.9 Å². The molecule has 4 aliphatic carbocycles. The maximum Gasteiger partial charge on any atom is 0.307 e. The number of aliphatic carboxylic acids is 1. The molecule has 6 atom stereocenters. The number of carboxylic acids is 1. The van der Waals surface area contributed by atoms with Crippen molar-refractivity contribution >= 4 is 28.5 Å². The van der Waals surface area contributed by atoms with Gasteiger partial charge >= 0.3 is 5.97 Å². The van der Waals surface area contributed by atoms with Gasteiger partial charge in [-0.25, -0.2) is 0 Å². The molecule has 1 aromatic heterocycles. The van der Waals surface area contributed by atoms with Crippen LogP contribution in [-0.4, -0.2) is 34.9 Å². The van der Waals surface area contributed by atoms with Crippen LogP contribution in [0.15, 0.2) is 68.6 Å². The predicted octanol–water partition coefficient (Wildman–Crippen LogP) is 6.25. The highest BCUT2D eigenvalue weighted by Crippen LogP contribution is 2.62. The summed E-state index contributed by atoms with van der Waals surface area (Å²) in [6.07, 6.45) is 9.05. The van der Waals surface area contributed by atoms with Crippen molar-refractivity contribution in [1.29, 1.82) is 0 Å². The van der Waals surface area contributed by atoms with Gasteiger partial charge in [-0.15, -0.1) is 0 Å². The van der Waals surface area contributed by atoms with E-state index in [0.717, 1.165) is 24.8 Å². The van der Waals surface area contributed by atoms with Crippen molar-refractivity contribution in [3.63, 3.8) is 0 Å². The van der Waals surface area contributed by atoms with Gasteiger partial charge in [-0.3, -0.25) is 19.2 Å². The molecule has 232 valence electrons. The van der Waals surface area contributed by atoms with Crippen LogP contribution in [0, 0.1) is 34.5 Å². The van der Waals surface area contributed by atoms with E-state index in [0.29, 0.717) is 12.8 Å². The molecule has 0 amide bonds. The third-order valence-corrected chi connectivity index (χ3v) is 11.5. The van der Waals surface area contributed by atoms with Gasteiger partial charge in [-0.2, -0.15) is 0 Å². The summed E-state index contributed by atoms with van der Waals surface area (Å²) >= 11 is 0. The Hall–Kier alpha value is -3.94. The van der Waals surface area contributed by atoms with E-state index < -0.39 is 45.8 Å². The number of rotatable bonds is 5. The minimum atomic E-state index is -1.60. The van der Waals surface area contributed by atoms with E-state index in [1.165, 1.54) is 43.0 Å². The number of phenols is 1. The standard InChI is InChI=1S/C36H40O8/c1-19-8-11-24-32(40)29(43-5)17-30(39)36(24,31-16-27(38)21-10-9-20(37)15-28(21)44-31)26(19)18-35(4)23-7-6-14-34(2,3)22(23)12-13-25(35)33(41)42/h8-10,12,15-17,23-26,37H,6-7,11,13-14,18H2,1-5H3,(H,41,42)/t23-,24+,25?,26-,35+,36+/m1/s1. The van der Waals surface area contributed by atoms with E-state index in [9.17, 15) is 29.4 Å². The van der Waals surface area contributed by atoms with Crippen LogP contribution in [0.5, 0.6) is 5.75 Å². The van der Waals surface area contributed by atoms with Crippen LogP contribution in [-0.2, 0) is 24.5 Å². The van der Waals surface area contributed by atoms with E-state index in [4.69, 9.17) is 9.15 Å². The van der Waals surface area contributed by atoms with Crippen LogP contribution in [0.2, 0.25) is 0 Å². The summed E-state index contributed by atoms with van der Waals surface area (Å²) in [6.45, 7) is 8.39. The molecule has 0 aliphatic heterocycles. The Balaban J connectivity index is 1.61. The number of phenolic OH excluding ortho intramolecular Hbond substituents is 1. The summed E-state index contributed by atoms with van der Waals surface area (Å²) in [5, 5.41) is 21.0. The molecule has 1 saturated carbocycles. The van der Waals surface area contributed by atoms with Gasteiger partial charge in [0.05, 0.1) is 18.4 Å². The summed E-state index contributed by atoms with van der Waals surface area (Å²) in [5.41, 5.74) is -0.598. The average Bonchev–Trinajstić information content (AvgIpc) is 2.95. The highest BCUT2D eigenvalue weighted by molar-refractivity contribution is 6.14. The zero-order chi connectivity index (χ0) is 31.8. The first kappa shape index (κ1) is 30.1. The lowest BCUT2D eigenvalue weighted by Gasteiger charge is -2.56. The summed E-state index contributed by atoms with van der Waals surface area (Å²) in [6, 6.07) is 5.50. The van der Waals surface area contributed by atoms with Crippen molar-refractivity contribution in [2.24, 2.45) is 34.5 Å². The number of hydrogen-bond acceptors (Lipinski definition) is 7. The number of ether oxygens (including phenoxy) is 1. The van der Waals surface area contributed by atoms with Gasteiger partial charge in [0.15, 0.2) is 17.0 Å². The first-order valence-electron chi connectivity index (χ1n) is 15.5. The number of ketones is 2. The van der Waals surface area contributed by atoms with Crippen molar-refractivity contribution in [2.45, 2.75) is 71.6 Å². The van der Waals surface area contributed by atoms with Crippen LogP contribution in [0.3, 0.4) is 0 Å². The predicted molar refractivity (Wildman–Crippen MR) is 164 cm³/mol. The average molecular weight is 601 g/mol. The third-order valence-electron chi connectivity index (χ3n) is 11.5. The summed E-state index contributed by atoms with van der Waals surface area (Å²) < 4.78 is 11.7. The molecule has 2 aromatic rings. The number of hydrogen-bond donors (Lipinski definition) is 2. The Bertz CT molecular complexity index is 1740. The zero-order valence-electron chi connectivity index (χ0n) is 25.9. The first-order valence-corrected chi connectivity index (χ1v) is 15.5. The minimum absolute atomic E-state index is 0.0219. The summed E-state index contributed by atoms with van der Waals surface area (Å²) in [5.74, 6) is -4.03. The first-order chi connectivity index (χ1) is 20.7. The molecule has 1 unspecified atom stereocenters. The molecule has 8 nitrogen and oxygen atoms in total. The van der Waals surface area contributed by atoms with Crippen LogP contribution < -0.4 is 5.43 Å². The van der Waals surface area contributed by atoms with E-state index in [1.807, 2.05) is 19.9 Å².